The molecule has 2 aliphatic rings. The fraction of sp³-hybridized carbons (Fsp3) is 0.385. The van der Waals surface area contributed by atoms with Crippen LogP contribution in [-0.2, 0) is 27.5 Å². The molecule has 9 nitrogen and oxygen atoms in total. The minimum Gasteiger partial charge on any atom is -0.487 e. The highest BCUT2D eigenvalue weighted by Crippen LogP contribution is 2.25. The van der Waals surface area contributed by atoms with Crippen LogP contribution in [0.4, 0.5) is 0 Å². The number of hydrogen-bond acceptors (Lipinski definition) is 7. The Bertz CT molecular complexity index is 1310. The first-order valence-electron chi connectivity index (χ1n) is 11.9. The molecule has 1 unspecified atom stereocenters. The largest absolute Gasteiger partial charge is 0.487 e. The smallest absolute Gasteiger partial charge is 0.262 e. The first-order valence-corrected chi connectivity index (χ1v) is 11.9. The third-order valence-electron chi connectivity index (χ3n) is 6.52. The lowest BCUT2D eigenvalue weighted by Gasteiger charge is -2.26. The number of hydrogen-bond donors (Lipinski definition) is 1. The van der Waals surface area contributed by atoms with Gasteiger partial charge in [0.15, 0.2) is 0 Å². The number of piperidine rings is 1. The number of nitrogens with one attached hydrogen (secondary N) is 1. The number of rotatable bonds is 6. The van der Waals surface area contributed by atoms with Crippen LogP contribution in [-0.4, -0.2) is 52.6 Å². The van der Waals surface area contributed by atoms with Crippen LogP contribution in [0.5, 0.6) is 5.75 Å². The van der Waals surface area contributed by atoms with Gasteiger partial charge < -0.3 is 9.47 Å². The van der Waals surface area contributed by atoms with E-state index in [1.807, 2.05) is 0 Å². The van der Waals surface area contributed by atoms with Crippen LogP contribution in [0.15, 0.2) is 47.3 Å². The normalized spacial score (nSPS) is 19.1. The van der Waals surface area contributed by atoms with E-state index in [1.165, 1.54) is 10.1 Å². The predicted molar refractivity (Wildman–Crippen MR) is 129 cm³/mol. The van der Waals surface area contributed by atoms with E-state index >= 15 is 0 Å². The van der Waals surface area contributed by atoms with Crippen LogP contribution in [0, 0.1) is 6.92 Å². The maximum atomic E-state index is 13.3. The molecule has 35 heavy (non-hydrogen) atoms. The number of para-hydroxylation sites is 1. The lowest BCUT2D eigenvalue weighted by molar-refractivity contribution is -0.135. The van der Waals surface area contributed by atoms with Crippen molar-refractivity contribution < 1.29 is 19.1 Å². The Morgan fingerprint density at radius 1 is 1.06 bits per heavy atom. The summed E-state index contributed by atoms with van der Waals surface area (Å²) in [6.45, 7) is 6.39. The number of nitrogens with zero attached hydrogens (tertiary/aromatic N) is 3. The molecule has 1 atom stereocenters. The third-order valence-corrected chi connectivity index (χ3v) is 6.52. The SMILES string of the molecule is Cc1nc2c(OCc3ccc(CN4CCOCC4)cc3)cccc2c(=O)n1C1CCC(=O)NC1=O. The van der Waals surface area contributed by atoms with Crippen molar-refractivity contribution in [3.8, 4) is 5.75 Å². The number of imide groups is 1. The van der Waals surface area contributed by atoms with Gasteiger partial charge in [0.25, 0.3) is 5.56 Å². The molecule has 0 radical (unpaired) electrons. The molecular weight excluding hydrogens is 448 g/mol. The molecule has 0 spiro atoms. The van der Waals surface area contributed by atoms with Gasteiger partial charge >= 0.3 is 0 Å². The molecule has 1 aromatic heterocycles. The van der Waals surface area contributed by atoms with Gasteiger partial charge in [0.1, 0.15) is 29.7 Å². The second kappa shape index (κ2) is 9.97. The second-order valence-electron chi connectivity index (χ2n) is 8.95. The van der Waals surface area contributed by atoms with E-state index in [0.29, 0.717) is 29.1 Å². The topological polar surface area (TPSA) is 103 Å². The minimum absolute atomic E-state index is 0.189. The average Bonchev–Trinajstić information content (AvgIpc) is 2.86. The molecule has 3 aromatic rings. The van der Waals surface area contributed by atoms with E-state index in [4.69, 9.17) is 9.47 Å². The first-order chi connectivity index (χ1) is 17.0. The highest BCUT2D eigenvalue weighted by Gasteiger charge is 2.30. The summed E-state index contributed by atoms with van der Waals surface area (Å²) in [7, 11) is 0. The van der Waals surface area contributed by atoms with Gasteiger partial charge in [0.2, 0.25) is 11.8 Å². The van der Waals surface area contributed by atoms with Gasteiger partial charge in [-0.25, -0.2) is 4.98 Å². The summed E-state index contributed by atoms with van der Waals surface area (Å²) >= 11 is 0. The van der Waals surface area contributed by atoms with E-state index in [9.17, 15) is 14.4 Å². The highest BCUT2D eigenvalue weighted by molar-refractivity contribution is 5.99. The number of amides is 2. The van der Waals surface area contributed by atoms with Crippen molar-refractivity contribution in [2.24, 2.45) is 0 Å². The molecule has 2 aromatic carbocycles. The first kappa shape index (κ1) is 23.2. The zero-order chi connectivity index (χ0) is 24.4. The van der Waals surface area contributed by atoms with Gasteiger partial charge in [-0.1, -0.05) is 30.3 Å². The van der Waals surface area contributed by atoms with Crippen molar-refractivity contribution in [3.63, 3.8) is 0 Å². The number of aromatic nitrogens is 2. The Labute approximate surface area is 202 Å². The van der Waals surface area contributed by atoms with Crippen LogP contribution < -0.4 is 15.6 Å². The van der Waals surface area contributed by atoms with Gasteiger partial charge in [-0.2, -0.15) is 0 Å². The van der Waals surface area contributed by atoms with Crippen molar-refractivity contribution in [2.45, 2.75) is 39.0 Å². The number of ether oxygens (including phenoxy) is 2. The van der Waals surface area contributed by atoms with Gasteiger partial charge in [-0.3, -0.25) is 29.2 Å². The van der Waals surface area contributed by atoms with Crippen LogP contribution in [0.2, 0.25) is 0 Å². The quantitative estimate of drug-likeness (QED) is 0.544. The van der Waals surface area contributed by atoms with E-state index in [2.05, 4.69) is 39.5 Å². The lowest BCUT2D eigenvalue weighted by atomic mass is 10.1. The van der Waals surface area contributed by atoms with Crippen LogP contribution >= 0.6 is 0 Å². The predicted octanol–water partition coefficient (Wildman–Crippen LogP) is 2.09. The number of aryl methyl sites for hydroxylation is 1. The van der Waals surface area contributed by atoms with Gasteiger partial charge in [0.05, 0.1) is 18.6 Å². The van der Waals surface area contributed by atoms with Crippen molar-refractivity contribution in [3.05, 3.63) is 69.8 Å². The molecule has 2 fully saturated rings. The minimum atomic E-state index is -0.752. The Kier molecular flexibility index (Phi) is 6.61. The van der Waals surface area contributed by atoms with Crippen molar-refractivity contribution >= 4 is 22.7 Å². The van der Waals surface area contributed by atoms with Crippen LogP contribution in [0.1, 0.15) is 35.8 Å². The van der Waals surface area contributed by atoms with Crippen molar-refractivity contribution in [2.75, 3.05) is 26.3 Å². The summed E-state index contributed by atoms with van der Waals surface area (Å²) in [5.41, 5.74) is 2.40. The van der Waals surface area contributed by atoms with Gasteiger partial charge in [-0.05, 0) is 36.6 Å². The number of benzene rings is 2. The summed E-state index contributed by atoms with van der Waals surface area (Å²) in [6, 6.07) is 12.8. The molecule has 0 aliphatic carbocycles. The maximum absolute atomic E-state index is 13.3. The Morgan fingerprint density at radius 2 is 1.80 bits per heavy atom. The molecule has 2 aliphatic heterocycles. The highest BCUT2D eigenvalue weighted by atomic mass is 16.5. The molecule has 182 valence electrons. The Balaban J connectivity index is 1.33. The Hall–Kier alpha value is -3.56. The molecule has 3 heterocycles. The summed E-state index contributed by atoms with van der Waals surface area (Å²) in [5.74, 6) is 0.114. The second-order valence-corrected chi connectivity index (χ2v) is 8.95. The molecule has 5 rings (SSSR count). The third kappa shape index (κ3) is 4.96. The van der Waals surface area contributed by atoms with E-state index in [-0.39, 0.29) is 24.3 Å². The zero-order valence-electron chi connectivity index (χ0n) is 19.7. The monoisotopic (exact) mass is 476 g/mol. The fourth-order valence-electron chi connectivity index (χ4n) is 4.63. The van der Waals surface area contributed by atoms with E-state index < -0.39 is 11.9 Å². The number of morpholine rings is 1. The standard InChI is InChI=1S/C26H28N4O5/c1-17-27-24-20(26(33)30(17)21-9-10-23(31)28-25(21)32)3-2-4-22(24)35-16-19-7-5-18(6-8-19)15-29-11-13-34-14-12-29/h2-8,21H,9-16H2,1H3,(H,28,31,32). The van der Waals surface area contributed by atoms with E-state index in [1.54, 1.807) is 25.1 Å². The van der Waals surface area contributed by atoms with Crippen LogP contribution in [0.25, 0.3) is 10.9 Å². The fourth-order valence-corrected chi connectivity index (χ4v) is 4.63. The van der Waals surface area contributed by atoms with Crippen LogP contribution in [0.3, 0.4) is 0 Å². The molecule has 0 bridgehead atoms. The maximum Gasteiger partial charge on any atom is 0.262 e. The average molecular weight is 477 g/mol. The molecule has 9 heteroatoms. The van der Waals surface area contributed by atoms with E-state index in [0.717, 1.165) is 38.4 Å². The summed E-state index contributed by atoms with van der Waals surface area (Å²) in [6.07, 6.45) is 0.463. The molecule has 0 saturated carbocycles. The zero-order valence-corrected chi connectivity index (χ0v) is 19.7. The summed E-state index contributed by atoms with van der Waals surface area (Å²) in [5, 5.41) is 2.68. The van der Waals surface area contributed by atoms with Crippen molar-refractivity contribution in [1.29, 1.82) is 0 Å². The summed E-state index contributed by atoms with van der Waals surface area (Å²) in [4.78, 5) is 44.2. The molecule has 2 amide bonds. The summed E-state index contributed by atoms with van der Waals surface area (Å²) < 4.78 is 12.8. The molecule has 1 N–H and O–H groups in total. The van der Waals surface area contributed by atoms with Gasteiger partial charge in [-0.15, -0.1) is 0 Å². The number of carbonyl (C=O) groups excluding carboxylic acids is 2. The van der Waals surface area contributed by atoms with Crippen molar-refractivity contribution in [1.82, 2.24) is 19.8 Å². The number of carbonyl (C=O) groups is 2. The van der Waals surface area contributed by atoms with Gasteiger partial charge in [0, 0.05) is 26.1 Å². The molecule has 2 saturated heterocycles. The number of fused-ring (bicyclic) bond motifs is 1. The Morgan fingerprint density at radius 3 is 2.54 bits per heavy atom. The lowest BCUT2D eigenvalue weighted by Crippen LogP contribution is -2.45. The molecular formula is C26H28N4O5.